The molecule has 1 N–H and O–H groups in total. The van der Waals surface area contributed by atoms with Crippen molar-refractivity contribution < 1.29 is 4.74 Å². The molecule has 0 fully saturated rings. The summed E-state index contributed by atoms with van der Waals surface area (Å²) in [6.45, 7) is 3.63. The molecule has 0 aliphatic heterocycles. The average molecular weight is 399 g/mol. The van der Waals surface area contributed by atoms with Crippen LogP contribution in [-0.4, -0.2) is 6.61 Å². The number of anilines is 1. The Bertz CT molecular complexity index is 572. The lowest BCUT2D eigenvalue weighted by atomic mass is 10.2. The van der Waals surface area contributed by atoms with Gasteiger partial charge in [-0.3, -0.25) is 0 Å². The van der Waals surface area contributed by atoms with Gasteiger partial charge in [0, 0.05) is 21.2 Å². The van der Waals surface area contributed by atoms with Gasteiger partial charge in [0.2, 0.25) is 0 Å². The Morgan fingerprint density at radius 1 is 1.10 bits per heavy atom. The highest BCUT2D eigenvalue weighted by atomic mass is 79.9. The lowest BCUT2D eigenvalue weighted by molar-refractivity contribution is 0.317. The third-order valence-electron chi connectivity index (χ3n) is 2.79. The van der Waals surface area contributed by atoms with Crippen molar-refractivity contribution in [1.29, 1.82) is 0 Å². The van der Waals surface area contributed by atoms with E-state index in [1.165, 1.54) is 5.56 Å². The maximum Gasteiger partial charge on any atom is 0.119 e. The smallest absolute Gasteiger partial charge is 0.119 e. The summed E-state index contributed by atoms with van der Waals surface area (Å²) in [7, 11) is 0. The van der Waals surface area contributed by atoms with E-state index in [0.717, 1.165) is 40.0 Å². The predicted molar refractivity (Wildman–Crippen MR) is 91.4 cm³/mol. The molecule has 4 heteroatoms. The van der Waals surface area contributed by atoms with Crippen molar-refractivity contribution >= 4 is 37.5 Å². The Labute approximate surface area is 136 Å². The maximum atomic E-state index is 5.64. The molecule has 2 aromatic rings. The molecule has 2 aromatic carbocycles. The Kier molecular flexibility index (Phi) is 5.92. The van der Waals surface area contributed by atoms with Crippen LogP contribution in [0, 0.1) is 0 Å². The van der Waals surface area contributed by atoms with Gasteiger partial charge in [0.05, 0.1) is 6.61 Å². The van der Waals surface area contributed by atoms with E-state index in [4.69, 9.17) is 4.74 Å². The summed E-state index contributed by atoms with van der Waals surface area (Å²) in [6, 6.07) is 14.3. The topological polar surface area (TPSA) is 21.3 Å². The van der Waals surface area contributed by atoms with Crippen LogP contribution in [0.1, 0.15) is 18.9 Å². The van der Waals surface area contributed by atoms with Gasteiger partial charge in [0.1, 0.15) is 5.75 Å². The molecular formula is C16H17Br2NO. The molecule has 0 aromatic heterocycles. The van der Waals surface area contributed by atoms with Crippen molar-refractivity contribution in [1.82, 2.24) is 0 Å². The summed E-state index contributed by atoms with van der Waals surface area (Å²) in [5.74, 6) is 0.932. The predicted octanol–water partition coefficient (Wildman–Crippen LogP) is 5.61. The Morgan fingerprint density at radius 2 is 1.95 bits per heavy atom. The largest absolute Gasteiger partial charge is 0.494 e. The second-order valence-corrected chi connectivity index (χ2v) is 6.24. The van der Waals surface area contributed by atoms with Crippen LogP contribution in [0.2, 0.25) is 0 Å². The maximum absolute atomic E-state index is 5.64. The Hall–Kier alpha value is -1.000. The standard InChI is InChI=1S/C16H17Br2NO/c1-2-8-20-14-5-3-4-12(9-14)11-19-16-7-6-13(17)10-15(16)18/h3-7,9-10,19H,2,8,11H2,1H3. The van der Waals surface area contributed by atoms with Crippen LogP contribution in [0.15, 0.2) is 51.4 Å². The molecule has 0 unspecified atom stereocenters. The summed E-state index contributed by atoms with van der Waals surface area (Å²) >= 11 is 7.00. The van der Waals surface area contributed by atoms with Gasteiger partial charge in [-0.25, -0.2) is 0 Å². The van der Waals surface area contributed by atoms with Crippen LogP contribution >= 0.6 is 31.9 Å². The zero-order valence-electron chi connectivity index (χ0n) is 11.3. The van der Waals surface area contributed by atoms with E-state index in [2.05, 4.69) is 56.2 Å². The molecule has 0 saturated carbocycles. The highest BCUT2D eigenvalue weighted by Gasteiger charge is 2.01. The van der Waals surface area contributed by atoms with Gasteiger partial charge in [-0.05, 0) is 58.2 Å². The first kappa shape index (κ1) is 15.4. The van der Waals surface area contributed by atoms with E-state index in [1.54, 1.807) is 0 Å². The summed E-state index contributed by atoms with van der Waals surface area (Å²) in [4.78, 5) is 0. The van der Waals surface area contributed by atoms with Crippen LogP contribution in [0.3, 0.4) is 0 Å². The van der Waals surface area contributed by atoms with Gasteiger partial charge in [0.15, 0.2) is 0 Å². The van der Waals surface area contributed by atoms with Gasteiger partial charge in [0.25, 0.3) is 0 Å². The zero-order valence-corrected chi connectivity index (χ0v) is 14.5. The van der Waals surface area contributed by atoms with Gasteiger partial charge < -0.3 is 10.1 Å². The van der Waals surface area contributed by atoms with Crippen molar-refractivity contribution in [3.63, 3.8) is 0 Å². The molecule has 0 saturated heterocycles. The van der Waals surface area contributed by atoms with E-state index in [1.807, 2.05) is 30.3 Å². The average Bonchev–Trinajstić information content (AvgIpc) is 2.45. The number of ether oxygens (including phenoxy) is 1. The van der Waals surface area contributed by atoms with E-state index < -0.39 is 0 Å². The van der Waals surface area contributed by atoms with Crippen LogP contribution in [0.4, 0.5) is 5.69 Å². The summed E-state index contributed by atoms with van der Waals surface area (Å²) in [5, 5.41) is 3.42. The molecule has 0 bridgehead atoms. The summed E-state index contributed by atoms with van der Waals surface area (Å²) in [6.07, 6.45) is 1.02. The van der Waals surface area contributed by atoms with Crippen molar-refractivity contribution in [2.24, 2.45) is 0 Å². The fourth-order valence-electron chi connectivity index (χ4n) is 1.80. The van der Waals surface area contributed by atoms with Gasteiger partial charge >= 0.3 is 0 Å². The number of rotatable bonds is 6. The molecule has 2 rings (SSSR count). The number of benzene rings is 2. The van der Waals surface area contributed by atoms with E-state index in [9.17, 15) is 0 Å². The van der Waals surface area contributed by atoms with Crippen molar-refractivity contribution in [3.05, 3.63) is 57.0 Å². The molecule has 20 heavy (non-hydrogen) atoms. The van der Waals surface area contributed by atoms with Crippen LogP contribution < -0.4 is 10.1 Å². The third-order valence-corrected chi connectivity index (χ3v) is 3.93. The first-order valence-electron chi connectivity index (χ1n) is 6.59. The lowest BCUT2D eigenvalue weighted by Crippen LogP contribution is -2.01. The van der Waals surface area contributed by atoms with E-state index in [-0.39, 0.29) is 0 Å². The molecule has 2 nitrogen and oxygen atoms in total. The molecule has 0 radical (unpaired) electrons. The number of halogens is 2. The van der Waals surface area contributed by atoms with Crippen molar-refractivity contribution in [2.45, 2.75) is 19.9 Å². The van der Waals surface area contributed by atoms with Crippen LogP contribution in [-0.2, 0) is 6.54 Å². The van der Waals surface area contributed by atoms with E-state index in [0.29, 0.717) is 0 Å². The summed E-state index contributed by atoms with van der Waals surface area (Å²) < 4.78 is 7.75. The van der Waals surface area contributed by atoms with Crippen molar-refractivity contribution in [3.8, 4) is 5.75 Å². The Morgan fingerprint density at radius 3 is 2.70 bits per heavy atom. The number of hydrogen-bond acceptors (Lipinski definition) is 2. The van der Waals surface area contributed by atoms with Crippen LogP contribution in [0.5, 0.6) is 5.75 Å². The highest BCUT2D eigenvalue weighted by Crippen LogP contribution is 2.26. The van der Waals surface area contributed by atoms with Gasteiger partial charge in [-0.15, -0.1) is 0 Å². The van der Waals surface area contributed by atoms with E-state index >= 15 is 0 Å². The third kappa shape index (κ3) is 4.53. The summed E-state index contributed by atoms with van der Waals surface area (Å²) in [5.41, 5.74) is 2.28. The molecule has 106 valence electrons. The first-order chi connectivity index (χ1) is 9.69. The SMILES string of the molecule is CCCOc1cccc(CNc2ccc(Br)cc2Br)c1. The lowest BCUT2D eigenvalue weighted by Gasteiger charge is -2.10. The minimum atomic E-state index is 0.759. The van der Waals surface area contributed by atoms with Crippen molar-refractivity contribution in [2.75, 3.05) is 11.9 Å². The fourth-order valence-corrected chi connectivity index (χ4v) is 2.98. The molecule has 0 atom stereocenters. The second kappa shape index (κ2) is 7.70. The minimum Gasteiger partial charge on any atom is -0.494 e. The van der Waals surface area contributed by atoms with Gasteiger partial charge in [-0.1, -0.05) is 35.0 Å². The van der Waals surface area contributed by atoms with Crippen LogP contribution in [0.25, 0.3) is 0 Å². The molecule has 0 spiro atoms. The monoisotopic (exact) mass is 397 g/mol. The zero-order chi connectivity index (χ0) is 14.4. The fraction of sp³-hybridized carbons (Fsp3) is 0.250. The normalized spacial score (nSPS) is 10.3. The minimum absolute atomic E-state index is 0.759. The van der Waals surface area contributed by atoms with Gasteiger partial charge in [-0.2, -0.15) is 0 Å². The Balaban J connectivity index is 1.99. The molecular weight excluding hydrogens is 382 g/mol. The molecule has 0 aliphatic carbocycles. The quantitative estimate of drug-likeness (QED) is 0.682. The second-order valence-electron chi connectivity index (χ2n) is 4.47. The highest BCUT2D eigenvalue weighted by molar-refractivity contribution is 9.11. The molecule has 0 amide bonds. The number of hydrogen-bond donors (Lipinski definition) is 1. The molecule has 0 aliphatic rings. The first-order valence-corrected chi connectivity index (χ1v) is 8.18. The molecule has 0 heterocycles. The number of nitrogens with one attached hydrogen (secondary N) is 1.